The molecular formula is C10H14IN3O. The summed E-state index contributed by atoms with van der Waals surface area (Å²) < 4.78 is 6.37. The Morgan fingerprint density at radius 3 is 2.67 bits per heavy atom. The smallest absolute Gasteiger partial charge is 0.222 e. The molecule has 4 nitrogen and oxygen atoms in total. The van der Waals surface area contributed by atoms with Gasteiger partial charge in [-0.1, -0.05) is 0 Å². The zero-order valence-corrected chi connectivity index (χ0v) is 10.6. The lowest BCUT2D eigenvalue weighted by atomic mass is 10.0. The fraction of sp³-hybridized carbons (Fsp3) is 0.600. The van der Waals surface area contributed by atoms with Crippen LogP contribution in [0, 0.1) is 9.49 Å². The SMILES string of the molecule is Ic1cnc(NCC2CCOCC2)nc1. The van der Waals surface area contributed by atoms with Crippen LogP contribution in [0.3, 0.4) is 0 Å². The quantitative estimate of drug-likeness (QED) is 0.865. The van der Waals surface area contributed by atoms with E-state index in [2.05, 4.69) is 37.9 Å². The van der Waals surface area contributed by atoms with Crippen molar-refractivity contribution in [3.8, 4) is 0 Å². The first-order chi connectivity index (χ1) is 7.34. The molecule has 2 heterocycles. The molecule has 0 aromatic carbocycles. The largest absolute Gasteiger partial charge is 0.381 e. The van der Waals surface area contributed by atoms with Crippen LogP contribution >= 0.6 is 22.6 Å². The number of halogens is 1. The molecule has 1 fully saturated rings. The number of anilines is 1. The average Bonchev–Trinajstić information content (AvgIpc) is 2.30. The normalized spacial score (nSPS) is 17.7. The zero-order valence-electron chi connectivity index (χ0n) is 8.45. The first kappa shape index (κ1) is 11.1. The molecule has 1 aromatic rings. The van der Waals surface area contributed by atoms with Gasteiger partial charge < -0.3 is 10.1 Å². The minimum atomic E-state index is 0.696. The van der Waals surface area contributed by atoms with Gasteiger partial charge in [-0.15, -0.1) is 0 Å². The van der Waals surface area contributed by atoms with E-state index in [1.807, 2.05) is 12.4 Å². The van der Waals surface area contributed by atoms with E-state index in [1.54, 1.807) is 0 Å². The minimum Gasteiger partial charge on any atom is -0.381 e. The number of nitrogens with zero attached hydrogens (tertiary/aromatic N) is 2. The fourth-order valence-corrected chi connectivity index (χ4v) is 1.87. The molecular weight excluding hydrogens is 305 g/mol. The minimum absolute atomic E-state index is 0.696. The Morgan fingerprint density at radius 1 is 1.33 bits per heavy atom. The van der Waals surface area contributed by atoms with Gasteiger partial charge in [-0.05, 0) is 41.4 Å². The molecule has 1 N–H and O–H groups in total. The van der Waals surface area contributed by atoms with E-state index in [4.69, 9.17) is 4.74 Å². The summed E-state index contributed by atoms with van der Waals surface area (Å²) in [6.45, 7) is 2.73. The molecule has 0 aliphatic carbocycles. The molecule has 5 heteroatoms. The van der Waals surface area contributed by atoms with E-state index in [9.17, 15) is 0 Å². The van der Waals surface area contributed by atoms with E-state index in [-0.39, 0.29) is 0 Å². The van der Waals surface area contributed by atoms with Crippen molar-refractivity contribution in [1.82, 2.24) is 9.97 Å². The van der Waals surface area contributed by atoms with Crippen LogP contribution in [0.15, 0.2) is 12.4 Å². The highest BCUT2D eigenvalue weighted by molar-refractivity contribution is 14.1. The van der Waals surface area contributed by atoms with Gasteiger partial charge in [-0.25, -0.2) is 9.97 Å². The van der Waals surface area contributed by atoms with Crippen LogP contribution in [0.25, 0.3) is 0 Å². The molecule has 0 saturated carbocycles. The van der Waals surface area contributed by atoms with Crippen molar-refractivity contribution in [2.75, 3.05) is 25.1 Å². The molecule has 82 valence electrons. The van der Waals surface area contributed by atoms with Crippen LogP contribution in [0.5, 0.6) is 0 Å². The maximum absolute atomic E-state index is 5.31. The number of ether oxygens (including phenoxy) is 1. The predicted octanol–water partition coefficient (Wildman–Crippen LogP) is 1.92. The molecule has 0 unspecified atom stereocenters. The van der Waals surface area contributed by atoms with Gasteiger partial charge in [0.15, 0.2) is 0 Å². The Morgan fingerprint density at radius 2 is 2.00 bits per heavy atom. The van der Waals surface area contributed by atoms with Crippen molar-refractivity contribution < 1.29 is 4.74 Å². The van der Waals surface area contributed by atoms with Gasteiger partial charge >= 0.3 is 0 Å². The molecule has 0 spiro atoms. The fourth-order valence-electron chi connectivity index (χ4n) is 1.59. The number of nitrogens with one attached hydrogen (secondary N) is 1. The van der Waals surface area contributed by atoms with Crippen LogP contribution in [-0.2, 0) is 4.74 Å². The van der Waals surface area contributed by atoms with E-state index < -0.39 is 0 Å². The summed E-state index contributed by atoms with van der Waals surface area (Å²) in [5, 5.41) is 3.26. The van der Waals surface area contributed by atoms with E-state index in [1.165, 1.54) is 0 Å². The summed E-state index contributed by atoms with van der Waals surface area (Å²) in [4.78, 5) is 8.40. The highest BCUT2D eigenvalue weighted by Crippen LogP contribution is 2.14. The standard InChI is InChI=1S/C10H14IN3O/c11-9-6-13-10(14-7-9)12-5-8-1-3-15-4-2-8/h6-8H,1-5H2,(H,12,13,14). The molecule has 0 atom stereocenters. The molecule has 1 aliphatic heterocycles. The molecule has 1 aromatic heterocycles. The average molecular weight is 319 g/mol. The Bertz CT molecular complexity index is 298. The molecule has 1 saturated heterocycles. The van der Waals surface area contributed by atoms with Crippen molar-refractivity contribution >= 4 is 28.5 Å². The first-order valence-corrected chi connectivity index (χ1v) is 6.21. The lowest BCUT2D eigenvalue weighted by Gasteiger charge is -2.21. The van der Waals surface area contributed by atoms with Crippen molar-refractivity contribution in [2.24, 2.45) is 5.92 Å². The molecule has 0 bridgehead atoms. The Kier molecular flexibility index (Phi) is 4.13. The number of rotatable bonds is 3. The second-order valence-corrected chi connectivity index (χ2v) is 4.91. The third kappa shape index (κ3) is 3.57. The number of aromatic nitrogens is 2. The zero-order chi connectivity index (χ0) is 10.5. The summed E-state index contributed by atoms with van der Waals surface area (Å²) in [6.07, 6.45) is 5.91. The van der Waals surface area contributed by atoms with Gasteiger partial charge in [-0.3, -0.25) is 0 Å². The number of hydrogen-bond acceptors (Lipinski definition) is 4. The third-order valence-corrected chi connectivity index (χ3v) is 3.07. The van der Waals surface area contributed by atoms with E-state index in [0.717, 1.165) is 42.1 Å². The van der Waals surface area contributed by atoms with E-state index >= 15 is 0 Å². The topological polar surface area (TPSA) is 47.0 Å². The van der Waals surface area contributed by atoms with Crippen molar-refractivity contribution in [1.29, 1.82) is 0 Å². The van der Waals surface area contributed by atoms with E-state index in [0.29, 0.717) is 5.92 Å². The second-order valence-electron chi connectivity index (χ2n) is 3.66. The lowest BCUT2D eigenvalue weighted by molar-refractivity contribution is 0.0699. The molecule has 2 rings (SSSR count). The highest BCUT2D eigenvalue weighted by Gasteiger charge is 2.13. The van der Waals surface area contributed by atoms with Crippen LogP contribution in [0.4, 0.5) is 5.95 Å². The van der Waals surface area contributed by atoms with Crippen molar-refractivity contribution in [2.45, 2.75) is 12.8 Å². The van der Waals surface area contributed by atoms with Gasteiger partial charge in [0.05, 0.1) is 0 Å². The Hall–Kier alpha value is -0.430. The summed E-state index contributed by atoms with van der Waals surface area (Å²) >= 11 is 2.20. The molecule has 15 heavy (non-hydrogen) atoms. The van der Waals surface area contributed by atoms with Crippen LogP contribution in [0.1, 0.15) is 12.8 Å². The first-order valence-electron chi connectivity index (χ1n) is 5.14. The van der Waals surface area contributed by atoms with Crippen LogP contribution in [-0.4, -0.2) is 29.7 Å². The van der Waals surface area contributed by atoms with Gasteiger partial charge in [-0.2, -0.15) is 0 Å². The van der Waals surface area contributed by atoms with Crippen LogP contribution < -0.4 is 5.32 Å². The second kappa shape index (κ2) is 5.60. The summed E-state index contributed by atoms with van der Waals surface area (Å²) in [5.74, 6) is 1.42. The molecule has 0 radical (unpaired) electrons. The number of hydrogen-bond donors (Lipinski definition) is 1. The predicted molar refractivity (Wildman–Crippen MR) is 66.8 cm³/mol. The van der Waals surface area contributed by atoms with Gasteiger partial charge in [0.1, 0.15) is 0 Å². The maximum atomic E-state index is 5.31. The van der Waals surface area contributed by atoms with Crippen molar-refractivity contribution in [3.05, 3.63) is 16.0 Å². The molecule has 1 aliphatic rings. The lowest BCUT2D eigenvalue weighted by Crippen LogP contribution is -2.23. The van der Waals surface area contributed by atoms with Gasteiger partial charge in [0.2, 0.25) is 5.95 Å². The maximum Gasteiger partial charge on any atom is 0.222 e. The Labute approximate surface area is 103 Å². The summed E-state index contributed by atoms with van der Waals surface area (Å²) in [5.41, 5.74) is 0. The third-order valence-electron chi connectivity index (χ3n) is 2.51. The van der Waals surface area contributed by atoms with Crippen LogP contribution in [0.2, 0.25) is 0 Å². The van der Waals surface area contributed by atoms with Gasteiger partial charge in [0, 0.05) is 35.7 Å². The summed E-state index contributed by atoms with van der Waals surface area (Å²) in [6, 6.07) is 0. The van der Waals surface area contributed by atoms with Gasteiger partial charge in [0.25, 0.3) is 0 Å². The highest BCUT2D eigenvalue weighted by atomic mass is 127. The molecule has 0 amide bonds. The van der Waals surface area contributed by atoms with Crippen molar-refractivity contribution in [3.63, 3.8) is 0 Å². The monoisotopic (exact) mass is 319 g/mol. The Balaban J connectivity index is 1.79. The summed E-state index contributed by atoms with van der Waals surface area (Å²) in [7, 11) is 0.